The van der Waals surface area contributed by atoms with E-state index in [1.807, 2.05) is 4.90 Å². The van der Waals surface area contributed by atoms with Gasteiger partial charge in [0.1, 0.15) is 5.75 Å². The molecule has 1 atom stereocenters. The Morgan fingerprint density at radius 2 is 1.95 bits per heavy atom. The summed E-state index contributed by atoms with van der Waals surface area (Å²) in [7, 11) is 0. The summed E-state index contributed by atoms with van der Waals surface area (Å²) in [6, 6.07) is 3.66. The van der Waals surface area contributed by atoms with Crippen LogP contribution in [-0.2, 0) is 0 Å². The van der Waals surface area contributed by atoms with E-state index in [4.69, 9.17) is 0 Å². The van der Waals surface area contributed by atoms with Crippen molar-refractivity contribution >= 4 is 15.9 Å². The molecule has 0 unspecified atom stereocenters. The van der Waals surface area contributed by atoms with Crippen LogP contribution in [0, 0.1) is 0 Å². The van der Waals surface area contributed by atoms with Crippen molar-refractivity contribution in [2.24, 2.45) is 0 Å². The number of alkyl halides is 3. The molecule has 1 aromatic carbocycles. The van der Waals surface area contributed by atoms with E-state index in [9.17, 15) is 18.3 Å². The van der Waals surface area contributed by atoms with Gasteiger partial charge in [0.05, 0.1) is 6.42 Å². The van der Waals surface area contributed by atoms with Crippen LogP contribution >= 0.6 is 15.9 Å². The lowest BCUT2D eigenvalue weighted by Crippen LogP contribution is -2.46. The highest BCUT2D eigenvalue weighted by Gasteiger charge is 2.36. The highest BCUT2D eigenvalue weighted by molar-refractivity contribution is 9.10. The molecule has 1 aromatic rings. The Labute approximate surface area is 123 Å². The van der Waals surface area contributed by atoms with Gasteiger partial charge in [-0.25, -0.2) is 0 Å². The lowest BCUT2D eigenvalue weighted by molar-refractivity contribution is -0.148. The number of phenols is 1. The molecule has 0 aliphatic carbocycles. The Morgan fingerprint density at radius 1 is 1.30 bits per heavy atom. The summed E-state index contributed by atoms with van der Waals surface area (Å²) >= 11 is 3.28. The summed E-state index contributed by atoms with van der Waals surface area (Å²) < 4.78 is 39.2. The maximum atomic E-state index is 12.9. The van der Waals surface area contributed by atoms with E-state index in [1.165, 1.54) is 12.1 Å². The zero-order valence-corrected chi connectivity index (χ0v) is 12.3. The molecule has 0 amide bonds. The van der Waals surface area contributed by atoms with Gasteiger partial charge in [-0.1, -0.05) is 15.9 Å². The highest BCUT2D eigenvalue weighted by atomic mass is 79.9. The van der Waals surface area contributed by atoms with E-state index in [-0.39, 0.29) is 5.75 Å². The van der Waals surface area contributed by atoms with Gasteiger partial charge in [-0.15, -0.1) is 0 Å². The fraction of sp³-hybridized carbons (Fsp3) is 0.538. The smallest absolute Gasteiger partial charge is 0.390 e. The molecule has 0 radical (unpaired) electrons. The number of nitrogens with zero attached hydrogens (tertiary/aromatic N) is 1. The van der Waals surface area contributed by atoms with Gasteiger partial charge >= 0.3 is 6.18 Å². The summed E-state index contributed by atoms with van der Waals surface area (Å²) in [5, 5.41) is 12.7. The van der Waals surface area contributed by atoms with Gasteiger partial charge in [0.25, 0.3) is 0 Å². The van der Waals surface area contributed by atoms with E-state index >= 15 is 0 Å². The summed E-state index contributed by atoms with van der Waals surface area (Å²) in [6.07, 6.45) is -5.17. The molecular formula is C13H16BrF3N2O. The third-order valence-corrected chi connectivity index (χ3v) is 4.08. The number of hydrogen-bond donors (Lipinski definition) is 2. The molecule has 1 fully saturated rings. The summed E-state index contributed by atoms with van der Waals surface area (Å²) in [5.41, 5.74) is 0.476. The van der Waals surface area contributed by atoms with Crippen LogP contribution in [0.25, 0.3) is 0 Å². The zero-order valence-electron chi connectivity index (χ0n) is 10.8. The second-order valence-corrected chi connectivity index (χ2v) is 5.68. The van der Waals surface area contributed by atoms with Crippen LogP contribution in [0.15, 0.2) is 22.7 Å². The first-order valence-corrected chi connectivity index (χ1v) is 7.16. The molecule has 2 rings (SSSR count). The van der Waals surface area contributed by atoms with Crippen LogP contribution in [0.1, 0.15) is 18.0 Å². The van der Waals surface area contributed by atoms with Gasteiger partial charge < -0.3 is 10.4 Å². The predicted octanol–water partition coefficient (Wildman–Crippen LogP) is 3.05. The Kier molecular flexibility index (Phi) is 4.93. The van der Waals surface area contributed by atoms with E-state index in [0.29, 0.717) is 36.2 Å². The lowest BCUT2D eigenvalue weighted by Gasteiger charge is -2.36. The molecule has 112 valence electrons. The molecule has 1 aliphatic rings. The summed E-state index contributed by atoms with van der Waals surface area (Å²) in [5.74, 6) is -0.0227. The van der Waals surface area contributed by atoms with Crippen molar-refractivity contribution in [3.8, 4) is 5.75 Å². The monoisotopic (exact) mass is 352 g/mol. The molecule has 1 heterocycles. The number of halogens is 4. The van der Waals surface area contributed by atoms with Crippen LogP contribution in [0.4, 0.5) is 13.2 Å². The first-order chi connectivity index (χ1) is 9.37. The third-order valence-electron chi connectivity index (χ3n) is 3.36. The van der Waals surface area contributed by atoms with Gasteiger partial charge in [-0.05, 0) is 23.8 Å². The van der Waals surface area contributed by atoms with E-state index in [2.05, 4.69) is 21.2 Å². The molecule has 0 bridgehead atoms. The standard InChI is InChI=1S/C13H16BrF3N2O/c14-11-2-1-9(20)7-10(11)12(8-13(15,16)17)19-5-3-18-4-6-19/h1-2,7,12,18,20H,3-6,8H2/t12-/m1/s1. The van der Waals surface area contributed by atoms with Gasteiger partial charge in [0, 0.05) is 36.7 Å². The van der Waals surface area contributed by atoms with Crippen LogP contribution in [0.3, 0.4) is 0 Å². The minimum atomic E-state index is -4.25. The average molecular weight is 353 g/mol. The molecule has 0 spiro atoms. The molecule has 1 aliphatic heterocycles. The molecular weight excluding hydrogens is 337 g/mol. The summed E-state index contributed by atoms with van der Waals surface area (Å²) in [6.45, 7) is 2.46. The van der Waals surface area contributed by atoms with Crippen molar-refractivity contribution in [2.75, 3.05) is 26.2 Å². The zero-order chi connectivity index (χ0) is 14.8. The van der Waals surface area contributed by atoms with Crippen molar-refractivity contribution in [2.45, 2.75) is 18.6 Å². The molecule has 1 saturated heterocycles. The Balaban J connectivity index is 2.31. The second-order valence-electron chi connectivity index (χ2n) is 4.83. The molecule has 0 aromatic heterocycles. The number of rotatable bonds is 3. The van der Waals surface area contributed by atoms with Crippen molar-refractivity contribution in [1.29, 1.82) is 0 Å². The topological polar surface area (TPSA) is 35.5 Å². The van der Waals surface area contributed by atoms with Crippen molar-refractivity contribution in [3.63, 3.8) is 0 Å². The highest BCUT2D eigenvalue weighted by Crippen LogP contribution is 2.38. The van der Waals surface area contributed by atoms with Crippen LogP contribution < -0.4 is 5.32 Å². The van der Waals surface area contributed by atoms with Gasteiger partial charge in [0.15, 0.2) is 0 Å². The Hall–Kier alpha value is -0.790. The number of phenolic OH excluding ortho intramolecular Hbond substituents is 1. The largest absolute Gasteiger partial charge is 0.508 e. The molecule has 7 heteroatoms. The SMILES string of the molecule is Oc1ccc(Br)c([C@@H](CC(F)(F)F)N2CCNCC2)c1. The quantitative estimate of drug-likeness (QED) is 0.877. The first-order valence-electron chi connectivity index (χ1n) is 6.37. The number of piperazine rings is 1. The fourth-order valence-electron chi connectivity index (χ4n) is 2.44. The van der Waals surface area contributed by atoms with Crippen molar-refractivity contribution < 1.29 is 18.3 Å². The minimum Gasteiger partial charge on any atom is -0.508 e. The molecule has 20 heavy (non-hydrogen) atoms. The van der Waals surface area contributed by atoms with E-state index in [1.54, 1.807) is 6.07 Å². The third kappa shape index (κ3) is 4.10. The van der Waals surface area contributed by atoms with Crippen LogP contribution in [-0.4, -0.2) is 42.4 Å². The van der Waals surface area contributed by atoms with E-state index < -0.39 is 18.6 Å². The second kappa shape index (κ2) is 6.32. The minimum absolute atomic E-state index is 0.0227. The maximum absolute atomic E-state index is 12.9. The number of nitrogens with one attached hydrogen (secondary N) is 1. The van der Waals surface area contributed by atoms with E-state index in [0.717, 1.165) is 0 Å². The summed E-state index contributed by atoms with van der Waals surface area (Å²) in [4.78, 5) is 1.81. The average Bonchev–Trinajstić information content (AvgIpc) is 2.39. The molecule has 0 saturated carbocycles. The Bertz CT molecular complexity index is 461. The first kappa shape index (κ1) is 15.6. The van der Waals surface area contributed by atoms with Crippen molar-refractivity contribution in [1.82, 2.24) is 10.2 Å². The van der Waals surface area contributed by atoms with Gasteiger partial charge in [0.2, 0.25) is 0 Å². The number of benzene rings is 1. The van der Waals surface area contributed by atoms with Crippen LogP contribution in [0.2, 0.25) is 0 Å². The lowest BCUT2D eigenvalue weighted by atomic mass is 10.0. The van der Waals surface area contributed by atoms with Gasteiger partial charge in [-0.2, -0.15) is 13.2 Å². The normalized spacial score (nSPS) is 19.0. The fourth-order valence-corrected chi connectivity index (χ4v) is 2.95. The molecule has 2 N–H and O–H groups in total. The molecule has 3 nitrogen and oxygen atoms in total. The maximum Gasteiger partial charge on any atom is 0.390 e. The Morgan fingerprint density at radius 3 is 2.55 bits per heavy atom. The number of aromatic hydroxyl groups is 1. The predicted molar refractivity (Wildman–Crippen MR) is 73.7 cm³/mol. The van der Waals surface area contributed by atoms with Crippen LogP contribution in [0.5, 0.6) is 5.75 Å². The van der Waals surface area contributed by atoms with Gasteiger partial charge in [-0.3, -0.25) is 4.90 Å². The van der Waals surface area contributed by atoms with Crippen molar-refractivity contribution in [3.05, 3.63) is 28.2 Å². The number of hydrogen-bond acceptors (Lipinski definition) is 3.